The molecular formula is C26H31N3O3. The molecule has 1 aliphatic rings. The summed E-state index contributed by atoms with van der Waals surface area (Å²) in [4.78, 5) is 19.6. The van der Waals surface area contributed by atoms with E-state index in [0.717, 1.165) is 37.1 Å². The van der Waals surface area contributed by atoms with E-state index < -0.39 is 0 Å². The fourth-order valence-corrected chi connectivity index (χ4v) is 4.65. The molecular weight excluding hydrogens is 402 g/mol. The van der Waals surface area contributed by atoms with Crippen LogP contribution in [0.15, 0.2) is 59.1 Å². The summed E-state index contributed by atoms with van der Waals surface area (Å²) in [6.45, 7) is 5.62. The molecule has 3 aromatic rings. The molecule has 1 fully saturated rings. The lowest BCUT2D eigenvalue weighted by Crippen LogP contribution is -2.39. The van der Waals surface area contributed by atoms with Gasteiger partial charge in [0.15, 0.2) is 0 Å². The predicted molar refractivity (Wildman–Crippen MR) is 123 cm³/mol. The van der Waals surface area contributed by atoms with Gasteiger partial charge in [-0.3, -0.25) is 4.79 Å². The topological polar surface area (TPSA) is 68.5 Å². The van der Waals surface area contributed by atoms with Gasteiger partial charge in [0, 0.05) is 36.9 Å². The number of carbonyl (C=O) groups excluding carboxylic acids is 1. The van der Waals surface area contributed by atoms with E-state index in [9.17, 15) is 4.79 Å². The minimum Gasteiger partial charge on any atom is -0.494 e. The molecule has 1 aliphatic heterocycles. The van der Waals surface area contributed by atoms with Gasteiger partial charge in [0.25, 0.3) is 0 Å². The molecule has 0 aliphatic carbocycles. The zero-order chi connectivity index (χ0) is 22.3. The van der Waals surface area contributed by atoms with Gasteiger partial charge in [-0.15, -0.1) is 0 Å². The number of amides is 1. The van der Waals surface area contributed by atoms with E-state index in [1.165, 1.54) is 5.56 Å². The number of likely N-dealkylation sites (tertiary alicyclic amines) is 1. The Morgan fingerprint density at radius 1 is 1.16 bits per heavy atom. The van der Waals surface area contributed by atoms with Gasteiger partial charge in [-0.2, -0.15) is 4.98 Å². The lowest BCUT2D eigenvalue weighted by atomic mass is 9.87. The molecule has 168 valence electrons. The lowest BCUT2D eigenvalue weighted by Gasteiger charge is -2.31. The number of aromatic nitrogens is 2. The second kappa shape index (κ2) is 10.4. The maximum atomic E-state index is 13.1. The molecule has 0 bridgehead atoms. The van der Waals surface area contributed by atoms with Crippen molar-refractivity contribution in [1.82, 2.24) is 15.0 Å². The van der Waals surface area contributed by atoms with Crippen LogP contribution in [0.1, 0.15) is 56.9 Å². The Labute approximate surface area is 189 Å². The zero-order valence-electron chi connectivity index (χ0n) is 18.9. The molecule has 0 unspecified atom stereocenters. The maximum Gasteiger partial charge on any atom is 0.227 e. The standard InChI is InChI=1S/C26H31N3O3/c1-3-22(19-9-6-5-7-10-19)23-11-8-18-29(23)25(30)17-16-24-27-26(28-32-24)20-12-14-21(15-13-20)31-4-2/h5-7,9-10,12-15,22-23H,3-4,8,11,16-18H2,1-2H3/t22-,23+/m1/s1. The van der Waals surface area contributed by atoms with Gasteiger partial charge in [0.05, 0.1) is 6.61 Å². The summed E-state index contributed by atoms with van der Waals surface area (Å²) >= 11 is 0. The van der Waals surface area contributed by atoms with E-state index in [0.29, 0.717) is 37.1 Å². The molecule has 1 amide bonds. The third-order valence-electron chi connectivity index (χ3n) is 6.20. The van der Waals surface area contributed by atoms with Crippen molar-refractivity contribution in [2.24, 2.45) is 0 Å². The first-order chi connectivity index (χ1) is 15.7. The average Bonchev–Trinajstić information content (AvgIpc) is 3.50. The number of ether oxygens (including phenoxy) is 1. The molecule has 4 rings (SSSR count). The molecule has 0 spiro atoms. The van der Waals surface area contributed by atoms with Crippen molar-refractivity contribution in [2.75, 3.05) is 13.2 Å². The summed E-state index contributed by atoms with van der Waals surface area (Å²) in [5.74, 6) is 2.38. The van der Waals surface area contributed by atoms with Gasteiger partial charge >= 0.3 is 0 Å². The average molecular weight is 434 g/mol. The first-order valence-corrected chi connectivity index (χ1v) is 11.6. The normalized spacial score (nSPS) is 16.8. The highest BCUT2D eigenvalue weighted by molar-refractivity contribution is 5.77. The molecule has 1 saturated heterocycles. The van der Waals surface area contributed by atoms with Gasteiger partial charge in [-0.25, -0.2) is 0 Å². The minimum atomic E-state index is 0.169. The molecule has 2 atom stereocenters. The molecule has 6 heteroatoms. The van der Waals surface area contributed by atoms with Gasteiger partial charge in [-0.1, -0.05) is 42.4 Å². The smallest absolute Gasteiger partial charge is 0.227 e. The van der Waals surface area contributed by atoms with Gasteiger partial charge in [0.2, 0.25) is 17.6 Å². The Morgan fingerprint density at radius 2 is 1.94 bits per heavy atom. The van der Waals surface area contributed by atoms with Crippen molar-refractivity contribution < 1.29 is 14.1 Å². The van der Waals surface area contributed by atoms with Crippen LogP contribution < -0.4 is 4.74 Å². The summed E-state index contributed by atoms with van der Waals surface area (Å²) in [6, 6.07) is 18.4. The van der Waals surface area contributed by atoms with Crippen molar-refractivity contribution in [3.05, 3.63) is 66.1 Å². The molecule has 0 N–H and O–H groups in total. The number of hydrogen-bond donors (Lipinski definition) is 0. The Balaban J connectivity index is 1.37. The Morgan fingerprint density at radius 3 is 2.66 bits per heavy atom. The fraction of sp³-hybridized carbons (Fsp3) is 0.423. The summed E-state index contributed by atoms with van der Waals surface area (Å²) in [5.41, 5.74) is 2.18. The van der Waals surface area contributed by atoms with Crippen molar-refractivity contribution in [3.63, 3.8) is 0 Å². The quantitative estimate of drug-likeness (QED) is 0.461. The molecule has 0 saturated carbocycles. The number of nitrogens with zero attached hydrogens (tertiary/aromatic N) is 3. The first kappa shape index (κ1) is 22.1. The second-order valence-corrected chi connectivity index (χ2v) is 8.19. The van der Waals surface area contributed by atoms with E-state index in [4.69, 9.17) is 9.26 Å². The molecule has 32 heavy (non-hydrogen) atoms. The first-order valence-electron chi connectivity index (χ1n) is 11.6. The highest BCUT2D eigenvalue weighted by Gasteiger charge is 2.34. The predicted octanol–water partition coefficient (Wildman–Crippen LogP) is 5.25. The van der Waals surface area contributed by atoms with Crippen LogP contribution >= 0.6 is 0 Å². The van der Waals surface area contributed by atoms with Crippen molar-refractivity contribution in [2.45, 2.75) is 57.9 Å². The molecule has 2 heterocycles. The third-order valence-corrected chi connectivity index (χ3v) is 6.20. The van der Waals surface area contributed by atoms with Crippen LogP contribution in [0.25, 0.3) is 11.4 Å². The van der Waals surface area contributed by atoms with Crippen LogP contribution in [0, 0.1) is 0 Å². The minimum absolute atomic E-state index is 0.169. The Hall–Kier alpha value is -3.15. The monoisotopic (exact) mass is 433 g/mol. The fourth-order valence-electron chi connectivity index (χ4n) is 4.65. The SMILES string of the molecule is CCOc1ccc(-c2noc(CCC(=O)N3CCC[C@H]3[C@H](CC)c3ccccc3)n2)cc1. The largest absolute Gasteiger partial charge is 0.494 e. The van der Waals surface area contributed by atoms with Crippen LogP contribution in [0.4, 0.5) is 0 Å². The molecule has 0 radical (unpaired) electrons. The summed E-state index contributed by atoms with van der Waals surface area (Å²) in [6.07, 6.45) is 3.97. The van der Waals surface area contributed by atoms with Crippen molar-refractivity contribution >= 4 is 5.91 Å². The number of rotatable bonds is 9. The Kier molecular flexibility index (Phi) is 7.20. The summed E-state index contributed by atoms with van der Waals surface area (Å²) < 4.78 is 10.9. The van der Waals surface area contributed by atoms with E-state index in [1.54, 1.807) is 0 Å². The molecule has 6 nitrogen and oxygen atoms in total. The van der Waals surface area contributed by atoms with Crippen LogP contribution in [0.3, 0.4) is 0 Å². The third kappa shape index (κ3) is 5.01. The zero-order valence-corrected chi connectivity index (χ0v) is 18.9. The molecule has 1 aromatic heterocycles. The van der Waals surface area contributed by atoms with Crippen molar-refractivity contribution in [3.8, 4) is 17.1 Å². The highest BCUT2D eigenvalue weighted by Crippen LogP contribution is 2.34. The number of hydrogen-bond acceptors (Lipinski definition) is 5. The summed E-state index contributed by atoms with van der Waals surface area (Å²) in [5, 5.41) is 4.08. The molecule has 2 aromatic carbocycles. The number of aryl methyl sites for hydroxylation is 1. The van der Waals surface area contributed by atoms with E-state index >= 15 is 0 Å². The van der Waals surface area contributed by atoms with Crippen LogP contribution in [-0.2, 0) is 11.2 Å². The van der Waals surface area contributed by atoms with Gasteiger partial charge in [0.1, 0.15) is 5.75 Å². The van der Waals surface area contributed by atoms with Crippen LogP contribution in [0.2, 0.25) is 0 Å². The van der Waals surface area contributed by atoms with Gasteiger partial charge < -0.3 is 14.2 Å². The van der Waals surface area contributed by atoms with E-state index in [-0.39, 0.29) is 11.9 Å². The highest BCUT2D eigenvalue weighted by atomic mass is 16.5. The van der Waals surface area contributed by atoms with Crippen LogP contribution in [-0.4, -0.2) is 40.1 Å². The van der Waals surface area contributed by atoms with E-state index in [1.807, 2.05) is 37.3 Å². The maximum absolute atomic E-state index is 13.1. The number of benzene rings is 2. The lowest BCUT2D eigenvalue weighted by molar-refractivity contribution is -0.132. The van der Waals surface area contributed by atoms with Crippen molar-refractivity contribution in [1.29, 1.82) is 0 Å². The second-order valence-electron chi connectivity index (χ2n) is 8.19. The van der Waals surface area contributed by atoms with Crippen LogP contribution in [0.5, 0.6) is 5.75 Å². The summed E-state index contributed by atoms with van der Waals surface area (Å²) in [7, 11) is 0. The van der Waals surface area contributed by atoms with E-state index in [2.05, 4.69) is 46.2 Å². The Bertz CT molecular complexity index is 1000. The number of carbonyl (C=O) groups is 1. The van der Waals surface area contributed by atoms with Gasteiger partial charge in [-0.05, 0) is 56.0 Å².